The van der Waals surface area contributed by atoms with Gasteiger partial charge in [0.2, 0.25) is 15.2 Å². The van der Waals surface area contributed by atoms with Crippen LogP contribution in [0.4, 0.5) is 5.13 Å². The topological polar surface area (TPSA) is 101 Å². The summed E-state index contributed by atoms with van der Waals surface area (Å²) in [5.41, 5.74) is 0.175. The van der Waals surface area contributed by atoms with Gasteiger partial charge in [0.05, 0.1) is 18.2 Å². The van der Waals surface area contributed by atoms with Crippen LogP contribution in [-0.4, -0.2) is 55.1 Å². The van der Waals surface area contributed by atoms with Crippen LogP contribution < -0.4 is 5.32 Å². The third-order valence-electron chi connectivity index (χ3n) is 3.77. The predicted octanol–water partition coefficient (Wildman–Crippen LogP) is 2.03. The third-order valence-corrected chi connectivity index (χ3v) is 7.13. The summed E-state index contributed by atoms with van der Waals surface area (Å²) in [5.74, 6) is -0.473. The second-order valence-electron chi connectivity index (χ2n) is 5.47. The molecule has 3 rings (SSSR count). The number of amides is 1. The minimum Gasteiger partial charge on any atom is -0.379 e. The second kappa shape index (κ2) is 7.97. The highest BCUT2D eigenvalue weighted by Gasteiger charge is 2.29. The number of aromatic nitrogens is 2. The van der Waals surface area contributed by atoms with Crippen molar-refractivity contribution in [3.05, 3.63) is 33.8 Å². The van der Waals surface area contributed by atoms with E-state index in [2.05, 4.69) is 15.5 Å². The summed E-state index contributed by atoms with van der Waals surface area (Å²) in [5, 5.41) is 11.7. The first-order valence-electron chi connectivity index (χ1n) is 7.93. The quantitative estimate of drug-likeness (QED) is 0.800. The number of carbonyl (C=O) groups is 1. The Morgan fingerprint density at radius 2 is 2.08 bits per heavy atom. The van der Waals surface area contributed by atoms with Crippen LogP contribution in [0.3, 0.4) is 0 Å². The average Bonchev–Trinajstić information content (AvgIpc) is 3.10. The fourth-order valence-corrected chi connectivity index (χ4v) is 4.97. The predicted molar refractivity (Wildman–Crippen MR) is 98.3 cm³/mol. The van der Waals surface area contributed by atoms with E-state index in [0.29, 0.717) is 18.3 Å². The number of anilines is 1. The molecule has 0 saturated carbocycles. The molecule has 1 aliphatic heterocycles. The van der Waals surface area contributed by atoms with Gasteiger partial charge in [-0.3, -0.25) is 10.1 Å². The van der Waals surface area contributed by atoms with Gasteiger partial charge >= 0.3 is 0 Å². The molecule has 26 heavy (non-hydrogen) atoms. The monoisotopic (exact) mass is 416 g/mol. The average molecular weight is 417 g/mol. The van der Waals surface area contributed by atoms with Crippen molar-refractivity contribution in [1.29, 1.82) is 0 Å². The number of halogens is 1. The minimum atomic E-state index is -3.81. The molecule has 140 valence electrons. The molecule has 2 aromatic rings. The maximum Gasteiger partial charge on any atom is 0.257 e. The zero-order chi connectivity index (χ0) is 18.7. The number of hydrogen-bond acceptors (Lipinski definition) is 7. The molecule has 0 atom stereocenters. The standard InChI is InChI=1S/C15H17ClN4O4S2/c1-2-13-18-19-15(25-13)17-14(21)10-3-4-11(16)12(9-10)26(22,23)20-5-7-24-8-6-20/h3-4,9H,2,5-8H2,1H3,(H,17,19,21). The van der Waals surface area contributed by atoms with Crippen LogP contribution in [-0.2, 0) is 21.2 Å². The molecule has 0 aliphatic carbocycles. The number of carbonyl (C=O) groups excluding carboxylic acids is 1. The fraction of sp³-hybridized carbons (Fsp3) is 0.400. The lowest BCUT2D eigenvalue weighted by molar-refractivity contribution is 0.0730. The van der Waals surface area contributed by atoms with E-state index in [9.17, 15) is 13.2 Å². The zero-order valence-corrected chi connectivity index (χ0v) is 16.3. The maximum absolute atomic E-state index is 12.8. The first kappa shape index (κ1) is 19.2. The minimum absolute atomic E-state index is 0.0669. The van der Waals surface area contributed by atoms with Gasteiger partial charge in [-0.05, 0) is 24.6 Å². The molecule has 1 fully saturated rings. The summed E-state index contributed by atoms with van der Waals surface area (Å²) in [6.45, 7) is 3.09. The molecule has 1 aromatic carbocycles. The normalized spacial score (nSPS) is 15.8. The highest BCUT2D eigenvalue weighted by molar-refractivity contribution is 7.89. The number of ether oxygens (including phenoxy) is 1. The van der Waals surface area contributed by atoms with Crippen molar-refractivity contribution in [3.8, 4) is 0 Å². The number of nitrogens with zero attached hydrogens (tertiary/aromatic N) is 3. The Bertz CT molecular complexity index is 910. The van der Waals surface area contributed by atoms with Gasteiger partial charge in [0.25, 0.3) is 5.91 Å². The summed E-state index contributed by atoms with van der Waals surface area (Å²) in [6, 6.07) is 4.16. The first-order chi connectivity index (χ1) is 12.4. The molecular weight excluding hydrogens is 400 g/mol. The smallest absolute Gasteiger partial charge is 0.257 e. The Morgan fingerprint density at radius 1 is 1.35 bits per heavy atom. The molecule has 1 saturated heterocycles. The molecule has 0 unspecified atom stereocenters. The van der Waals surface area contributed by atoms with Crippen molar-refractivity contribution in [2.45, 2.75) is 18.2 Å². The van der Waals surface area contributed by atoms with Crippen molar-refractivity contribution < 1.29 is 17.9 Å². The SMILES string of the molecule is CCc1nnc(NC(=O)c2ccc(Cl)c(S(=O)(=O)N3CCOCC3)c2)s1. The van der Waals surface area contributed by atoms with Crippen molar-refractivity contribution in [1.82, 2.24) is 14.5 Å². The molecule has 0 radical (unpaired) electrons. The van der Waals surface area contributed by atoms with Crippen LogP contribution in [0.25, 0.3) is 0 Å². The Morgan fingerprint density at radius 3 is 2.73 bits per heavy atom. The Hall–Kier alpha value is -1.59. The number of aryl methyl sites for hydroxylation is 1. The van der Waals surface area contributed by atoms with Gasteiger partial charge in [-0.15, -0.1) is 10.2 Å². The fourth-order valence-electron chi connectivity index (χ4n) is 2.38. The molecule has 1 aromatic heterocycles. The van der Waals surface area contributed by atoms with Gasteiger partial charge in [-0.2, -0.15) is 4.31 Å². The number of sulfonamides is 1. The Balaban J connectivity index is 1.85. The number of rotatable bonds is 5. The lowest BCUT2D eigenvalue weighted by atomic mass is 10.2. The first-order valence-corrected chi connectivity index (χ1v) is 10.6. The highest BCUT2D eigenvalue weighted by atomic mass is 35.5. The van der Waals surface area contributed by atoms with Crippen LogP contribution in [0.5, 0.6) is 0 Å². The summed E-state index contributed by atoms with van der Waals surface area (Å²) < 4.78 is 32.1. The molecule has 8 nitrogen and oxygen atoms in total. The number of nitrogens with one attached hydrogen (secondary N) is 1. The van der Waals surface area contributed by atoms with Gasteiger partial charge in [0.15, 0.2) is 0 Å². The van der Waals surface area contributed by atoms with Crippen molar-refractivity contribution in [3.63, 3.8) is 0 Å². The van der Waals surface area contributed by atoms with Crippen molar-refractivity contribution in [2.75, 3.05) is 31.6 Å². The zero-order valence-electron chi connectivity index (χ0n) is 13.9. The third kappa shape index (κ3) is 4.04. The van der Waals surface area contributed by atoms with E-state index in [1.54, 1.807) is 0 Å². The van der Waals surface area contributed by atoms with Crippen LogP contribution in [0.15, 0.2) is 23.1 Å². The van der Waals surface area contributed by atoms with Crippen LogP contribution in [0.1, 0.15) is 22.3 Å². The number of morpholine rings is 1. The number of benzene rings is 1. The van der Waals surface area contributed by atoms with Crippen LogP contribution in [0.2, 0.25) is 5.02 Å². The van der Waals surface area contributed by atoms with Gasteiger partial charge in [0.1, 0.15) is 9.90 Å². The van der Waals surface area contributed by atoms with E-state index < -0.39 is 15.9 Å². The van der Waals surface area contributed by atoms with Crippen LogP contribution in [0, 0.1) is 0 Å². The van der Waals surface area contributed by atoms with Gasteiger partial charge in [-0.1, -0.05) is 29.9 Å². The van der Waals surface area contributed by atoms with E-state index in [-0.39, 0.29) is 28.6 Å². The van der Waals surface area contributed by atoms with Crippen LogP contribution >= 0.6 is 22.9 Å². The second-order valence-corrected chi connectivity index (χ2v) is 8.85. The lowest BCUT2D eigenvalue weighted by Crippen LogP contribution is -2.40. The largest absolute Gasteiger partial charge is 0.379 e. The molecule has 1 amide bonds. The van der Waals surface area contributed by atoms with E-state index in [1.807, 2.05) is 6.92 Å². The lowest BCUT2D eigenvalue weighted by Gasteiger charge is -2.26. The Kier molecular flexibility index (Phi) is 5.88. The number of hydrogen-bond donors (Lipinski definition) is 1. The van der Waals surface area contributed by atoms with Gasteiger partial charge in [0, 0.05) is 18.7 Å². The maximum atomic E-state index is 12.8. The summed E-state index contributed by atoms with van der Waals surface area (Å²) in [7, 11) is -3.81. The van der Waals surface area contributed by atoms with E-state index >= 15 is 0 Å². The molecule has 1 aliphatic rings. The van der Waals surface area contributed by atoms with E-state index in [4.69, 9.17) is 16.3 Å². The van der Waals surface area contributed by atoms with Crippen molar-refractivity contribution >= 4 is 44.0 Å². The van der Waals surface area contributed by atoms with Gasteiger partial charge < -0.3 is 4.74 Å². The summed E-state index contributed by atoms with van der Waals surface area (Å²) in [4.78, 5) is 12.3. The molecular formula is C15H17ClN4O4S2. The molecule has 0 bridgehead atoms. The molecule has 11 heteroatoms. The molecule has 2 heterocycles. The summed E-state index contributed by atoms with van der Waals surface area (Å²) >= 11 is 7.37. The van der Waals surface area contributed by atoms with Gasteiger partial charge in [-0.25, -0.2) is 8.42 Å². The Labute approximate surface area is 160 Å². The van der Waals surface area contributed by atoms with Crippen molar-refractivity contribution in [2.24, 2.45) is 0 Å². The molecule has 0 spiro atoms. The van der Waals surface area contributed by atoms with E-state index in [0.717, 1.165) is 11.4 Å². The summed E-state index contributed by atoms with van der Waals surface area (Å²) in [6.07, 6.45) is 0.719. The highest BCUT2D eigenvalue weighted by Crippen LogP contribution is 2.27. The van der Waals surface area contributed by atoms with E-state index in [1.165, 1.54) is 33.8 Å². The molecule has 1 N–H and O–H groups in total.